The van der Waals surface area contributed by atoms with E-state index in [1.54, 1.807) is 25.1 Å². The highest BCUT2D eigenvalue weighted by Gasteiger charge is 2.29. The molecule has 0 bridgehead atoms. The molecule has 0 aromatic heterocycles. The molecule has 4 nitrogen and oxygen atoms in total. The second-order valence-electron chi connectivity index (χ2n) is 4.06. The third-order valence-electron chi connectivity index (χ3n) is 2.88. The van der Waals surface area contributed by atoms with E-state index in [4.69, 9.17) is 5.26 Å². The van der Waals surface area contributed by atoms with Gasteiger partial charge in [-0.1, -0.05) is 12.1 Å². The molecule has 1 fully saturated rings. The minimum atomic E-state index is -0.219. The lowest BCUT2D eigenvalue weighted by atomic mass is 10.0. The molecule has 1 aromatic carbocycles. The average molecular weight is 228 g/mol. The average Bonchev–Trinajstić information content (AvgIpc) is 2.29. The van der Waals surface area contributed by atoms with Crippen LogP contribution in [0.15, 0.2) is 18.2 Å². The van der Waals surface area contributed by atoms with Gasteiger partial charge in [-0.2, -0.15) is 5.26 Å². The number of hydrogen-bond donors (Lipinski definition) is 0. The maximum Gasteiger partial charge on any atom is 0.233 e. The number of anilines is 1. The standard InChI is InChI=1S/C13H12N2O2/c1-9-4-2-5-11(10(9)8-14)15-12(16)6-3-7-13(15)17/h2,4-5H,3,6-7H2,1H3. The predicted molar refractivity (Wildman–Crippen MR) is 62.2 cm³/mol. The molecule has 0 radical (unpaired) electrons. The normalized spacial score (nSPS) is 15.9. The van der Waals surface area contributed by atoms with Crippen molar-refractivity contribution < 1.29 is 9.59 Å². The van der Waals surface area contributed by atoms with E-state index in [1.807, 2.05) is 0 Å². The summed E-state index contributed by atoms with van der Waals surface area (Å²) in [5, 5.41) is 9.10. The summed E-state index contributed by atoms with van der Waals surface area (Å²) in [6, 6.07) is 7.24. The number of hydrogen-bond acceptors (Lipinski definition) is 3. The van der Waals surface area contributed by atoms with Crippen molar-refractivity contribution in [1.82, 2.24) is 0 Å². The molecule has 1 heterocycles. The number of piperidine rings is 1. The van der Waals surface area contributed by atoms with E-state index in [1.165, 1.54) is 0 Å². The third-order valence-corrected chi connectivity index (χ3v) is 2.88. The van der Waals surface area contributed by atoms with Crippen LogP contribution < -0.4 is 4.90 Å². The zero-order valence-electron chi connectivity index (χ0n) is 9.56. The lowest BCUT2D eigenvalue weighted by Crippen LogP contribution is -2.40. The van der Waals surface area contributed by atoms with Crippen molar-refractivity contribution in [3.63, 3.8) is 0 Å². The van der Waals surface area contributed by atoms with E-state index < -0.39 is 0 Å². The minimum absolute atomic E-state index is 0.219. The topological polar surface area (TPSA) is 61.2 Å². The zero-order valence-corrected chi connectivity index (χ0v) is 9.56. The number of amides is 2. The van der Waals surface area contributed by atoms with Gasteiger partial charge < -0.3 is 0 Å². The highest BCUT2D eigenvalue weighted by Crippen LogP contribution is 2.27. The fourth-order valence-electron chi connectivity index (χ4n) is 2.01. The maximum absolute atomic E-state index is 11.8. The first-order chi connectivity index (χ1) is 8.15. The van der Waals surface area contributed by atoms with Gasteiger partial charge in [-0.15, -0.1) is 0 Å². The van der Waals surface area contributed by atoms with Gasteiger partial charge in [0, 0.05) is 12.8 Å². The second kappa shape index (κ2) is 4.38. The van der Waals surface area contributed by atoms with Crippen LogP contribution in [0, 0.1) is 18.3 Å². The Kier molecular flexibility index (Phi) is 2.92. The number of benzene rings is 1. The lowest BCUT2D eigenvalue weighted by molar-refractivity contribution is -0.129. The molecule has 86 valence electrons. The number of aryl methyl sites for hydroxylation is 1. The Bertz CT molecular complexity index is 513. The van der Waals surface area contributed by atoms with Gasteiger partial charge in [-0.05, 0) is 25.0 Å². The summed E-state index contributed by atoms with van der Waals surface area (Å²) in [7, 11) is 0. The lowest BCUT2D eigenvalue weighted by Gasteiger charge is -2.26. The molecule has 4 heteroatoms. The summed E-state index contributed by atoms with van der Waals surface area (Å²) in [4.78, 5) is 24.7. The van der Waals surface area contributed by atoms with Gasteiger partial charge in [-0.25, -0.2) is 4.90 Å². The first kappa shape index (κ1) is 11.3. The van der Waals surface area contributed by atoms with Gasteiger partial charge in [0.1, 0.15) is 6.07 Å². The monoisotopic (exact) mass is 228 g/mol. The molecule has 17 heavy (non-hydrogen) atoms. The van der Waals surface area contributed by atoms with Gasteiger partial charge in [0.05, 0.1) is 11.3 Å². The molecule has 0 aliphatic carbocycles. The van der Waals surface area contributed by atoms with Crippen LogP contribution in [0.2, 0.25) is 0 Å². The van der Waals surface area contributed by atoms with E-state index in [0.29, 0.717) is 30.5 Å². The van der Waals surface area contributed by atoms with Crippen molar-refractivity contribution in [2.24, 2.45) is 0 Å². The molecule has 0 atom stereocenters. The number of imide groups is 1. The van der Waals surface area contributed by atoms with Gasteiger partial charge in [-0.3, -0.25) is 9.59 Å². The molecule has 0 unspecified atom stereocenters. The van der Waals surface area contributed by atoms with E-state index in [0.717, 1.165) is 10.5 Å². The smallest absolute Gasteiger partial charge is 0.233 e. The number of carbonyl (C=O) groups excluding carboxylic acids is 2. The summed E-state index contributed by atoms with van der Waals surface area (Å²) >= 11 is 0. The Morgan fingerprint density at radius 1 is 1.24 bits per heavy atom. The highest BCUT2D eigenvalue weighted by atomic mass is 16.2. The van der Waals surface area contributed by atoms with E-state index in [-0.39, 0.29) is 11.8 Å². The summed E-state index contributed by atoms with van der Waals surface area (Å²) in [5.74, 6) is -0.438. The van der Waals surface area contributed by atoms with Gasteiger partial charge in [0.15, 0.2) is 0 Å². The van der Waals surface area contributed by atoms with E-state index in [9.17, 15) is 9.59 Å². The van der Waals surface area contributed by atoms with Crippen molar-refractivity contribution in [2.75, 3.05) is 4.90 Å². The van der Waals surface area contributed by atoms with Gasteiger partial charge >= 0.3 is 0 Å². The molecular weight excluding hydrogens is 216 g/mol. The molecule has 1 aromatic rings. The first-order valence-electron chi connectivity index (χ1n) is 5.50. The summed E-state index contributed by atoms with van der Waals surface area (Å²) in [6.07, 6.45) is 1.33. The van der Waals surface area contributed by atoms with Gasteiger partial charge in [0.25, 0.3) is 0 Å². The predicted octanol–water partition coefficient (Wildman–Crippen LogP) is 1.91. The summed E-state index contributed by atoms with van der Waals surface area (Å²) in [5.41, 5.74) is 1.59. The SMILES string of the molecule is Cc1cccc(N2C(=O)CCCC2=O)c1C#N. The Morgan fingerprint density at radius 2 is 1.88 bits per heavy atom. The van der Waals surface area contributed by atoms with Crippen LogP contribution >= 0.6 is 0 Å². The second-order valence-corrected chi connectivity index (χ2v) is 4.06. The van der Waals surface area contributed by atoms with Crippen molar-refractivity contribution in [3.05, 3.63) is 29.3 Å². The van der Waals surface area contributed by atoms with Gasteiger partial charge in [0.2, 0.25) is 11.8 Å². The Balaban J connectivity index is 2.53. The molecule has 0 N–H and O–H groups in total. The highest BCUT2D eigenvalue weighted by molar-refractivity contribution is 6.17. The molecule has 0 spiro atoms. The minimum Gasteiger partial charge on any atom is -0.274 e. The van der Waals surface area contributed by atoms with Crippen LogP contribution in [-0.2, 0) is 9.59 Å². The summed E-state index contributed by atoms with van der Waals surface area (Å²) < 4.78 is 0. The Morgan fingerprint density at radius 3 is 2.47 bits per heavy atom. The fourth-order valence-corrected chi connectivity index (χ4v) is 2.01. The maximum atomic E-state index is 11.8. The van der Waals surface area contributed by atoms with Crippen molar-refractivity contribution >= 4 is 17.5 Å². The molecular formula is C13H12N2O2. The molecule has 2 rings (SSSR count). The molecule has 1 aliphatic heterocycles. The third kappa shape index (κ3) is 1.92. The quantitative estimate of drug-likeness (QED) is 0.690. The van der Waals surface area contributed by atoms with Crippen LogP contribution in [0.4, 0.5) is 5.69 Å². The molecule has 1 saturated heterocycles. The van der Waals surface area contributed by atoms with Crippen LogP contribution in [0.1, 0.15) is 30.4 Å². The number of carbonyl (C=O) groups is 2. The summed E-state index contributed by atoms with van der Waals surface area (Å²) in [6.45, 7) is 1.79. The van der Waals surface area contributed by atoms with Crippen LogP contribution in [0.25, 0.3) is 0 Å². The fraction of sp³-hybridized carbons (Fsp3) is 0.308. The van der Waals surface area contributed by atoms with E-state index >= 15 is 0 Å². The Labute approximate surface area is 99.5 Å². The van der Waals surface area contributed by atoms with Crippen molar-refractivity contribution in [1.29, 1.82) is 5.26 Å². The Hall–Kier alpha value is -2.15. The molecule has 0 saturated carbocycles. The largest absolute Gasteiger partial charge is 0.274 e. The zero-order chi connectivity index (χ0) is 12.4. The van der Waals surface area contributed by atoms with Crippen molar-refractivity contribution in [3.8, 4) is 6.07 Å². The van der Waals surface area contributed by atoms with E-state index in [2.05, 4.69) is 6.07 Å². The van der Waals surface area contributed by atoms with Crippen LogP contribution in [0.3, 0.4) is 0 Å². The number of nitrogens with zero attached hydrogens (tertiary/aromatic N) is 2. The van der Waals surface area contributed by atoms with Crippen LogP contribution in [-0.4, -0.2) is 11.8 Å². The number of rotatable bonds is 1. The van der Waals surface area contributed by atoms with Crippen LogP contribution in [0.5, 0.6) is 0 Å². The molecule has 2 amide bonds. The molecule has 1 aliphatic rings. The number of nitriles is 1. The van der Waals surface area contributed by atoms with Crippen molar-refractivity contribution in [2.45, 2.75) is 26.2 Å². The first-order valence-corrected chi connectivity index (χ1v) is 5.50.